The number of rotatable bonds is 8. The predicted molar refractivity (Wildman–Crippen MR) is 154 cm³/mol. The normalized spacial score (nSPS) is 17.7. The summed E-state index contributed by atoms with van der Waals surface area (Å²) in [6, 6.07) is 13.3. The molecule has 0 radical (unpaired) electrons. The Kier molecular flexibility index (Phi) is 7.55. The Bertz CT molecular complexity index is 1370. The zero-order chi connectivity index (χ0) is 27.6. The van der Waals surface area contributed by atoms with Crippen LogP contribution in [0.4, 0.5) is 10.5 Å². The van der Waals surface area contributed by atoms with E-state index in [4.69, 9.17) is 4.74 Å². The Hall–Kier alpha value is -3.73. The number of carbonyl (C=O) groups excluding carboxylic acids is 2. The number of ether oxygens (including phenoxy) is 1. The number of aromatic nitrogens is 2. The highest BCUT2D eigenvalue weighted by Gasteiger charge is 2.35. The van der Waals surface area contributed by atoms with Gasteiger partial charge in [-0.05, 0) is 70.1 Å². The van der Waals surface area contributed by atoms with Crippen molar-refractivity contribution in [2.75, 3.05) is 57.7 Å². The molecule has 210 valence electrons. The number of hydrazine groups is 1. The zero-order valence-electron chi connectivity index (χ0n) is 23.2. The summed E-state index contributed by atoms with van der Waals surface area (Å²) in [6.45, 7) is 11.5. The van der Waals surface area contributed by atoms with Gasteiger partial charge in [0.15, 0.2) is 5.78 Å². The predicted octanol–water partition coefficient (Wildman–Crippen LogP) is 3.83. The van der Waals surface area contributed by atoms with Crippen molar-refractivity contribution in [3.05, 3.63) is 53.6 Å². The Morgan fingerprint density at radius 2 is 1.75 bits per heavy atom. The standard InChI is InChI=1S/C30H37N7O3/c1-20(2)36-14-16-37(17-15-36)34-30(39)31-24-7-5-6-23-25(24)29(38)26-27(32-33-28(23)26)21-8-10-22(11-9-21)40-19-18-35-12-3-4-13-35/h5-11,20H,3-4,12-19H2,1-2H3,(H,32,33)(H2,31,34,39). The summed E-state index contributed by atoms with van der Waals surface area (Å²) >= 11 is 0. The molecule has 40 heavy (non-hydrogen) atoms. The lowest BCUT2D eigenvalue weighted by Gasteiger charge is -2.36. The number of hydrogen-bond donors (Lipinski definition) is 3. The smallest absolute Gasteiger partial charge is 0.333 e. The van der Waals surface area contributed by atoms with E-state index >= 15 is 0 Å². The monoisotopic (exact) mass is 543 g/mol. The van der Waals surface area contributed by atoms with Crippen molar-refractivity contribution in [2.45, 2.75) is 32.7 Å². The minimum Gasteiger partial charge on any atom is -0.492 e. The van der Waals surface area contributed by atoms with Gasteiger partial charge in [-0.25, -0.2) is 9.80 Å². The number of aromatic amines is 1. The van der Waals surface area contributed by atoms with E-state index in [2.05, 4.69) is 44.6 Å². The zero-order valence-corrected chi connectivity index (χ0v) is 23.2. The maximum absolute atomic E-state index is 13.7. The lowest BCUT2D eigenvalue weighted by atomic mass is 10.0. The van der Waals surface area contributed by atoms with Gasteiger partial charge in [0, 0.05) is 49.9 Å². The van der Waals surface area contributed by atoms with E-state index in [1.807, 2.05) is 41.4 Å². The molecule has 10 nitrogen and oxygen atoms in total. The first-order valence-electron chi connectivity index (χ1n) is 14.3. The van der Waals surface area contributed by atoms with E-state index in [0.29, 0.717) is 40.9 Å². The number of nitrogens with zero attached hydrogens (tertiary/aromatic N) is 4. The van der Waals surface area contributed by atoms with Gasteiger partial charge < -0.3 is 10.1 Å². The molecule has 2 aliphatic heterocycles. The molecule has 0 saturated carbocycles. The van der Waals surface area contributed by atoms with Crippen molar-refractivity contribution in [3.63, 3.8) is 0 Å². The van der Waals surface area contributed by atoms with Gasteiger partial charge >= 0.3 is 6.03 Å². The third-order valence-corrected chi connectivity index (χ3v) is 8.11. The van der Waals surface area contributed by atoms with Crippen LogP contribution in [-0.4, -0.2) is 95.3 Å². The first kappa shape index (κ1) is 26.5. The molecule has 0 atom stereocenters. The lowest BCUT2D eigenvalue weighted by molar-refractivity contribution is 0.0831. The summed E-state index contributed by atoms with van der Waals surface area (Å²) in [5.41, 5.74) is 7.26. The molecule has 1 aromatic heterocycles. The van der Waals surface area contributed by atoms with E-state index in [0.717, 1.165) is 62.7 Å². The second-order valence-corrected chi connectivity index (χ2v) is 11.0. The summed E-state index contributed by atoms with van der Waals surface area (Å²) in [5, 5.41) is 12.4. The Morgan fingerprint density at radius 3 is 2.48 bits per heavy atom. The molecule has 3 aliphatic rings. The molecule has 3 aromatic rings. The molecule has 10 heteroatoms. The molecule has 3 heterocycles. The molecule has 6 rings (SSSR count). The second kappa shape index (κ2) is 11.4. The minimum absolute atomic E-state index is 0.152. The lowest BCUT2D eigenvalue weighted by Crippen LogP contribution is -2.55. The van der Waals surface area contributed by atoms with Gasteiger partial charge in [-0.15, -0.1) is 0 Å². The number of carbonyl (C=O) groups is 2. The number of ketones is 1. The number of urea groups is 1. The molecule has 3 N–H and O–H groups in total. The average molecular weight is 544 g/mol. The summed E-state index contributed by atoms with van der Waals surface area (Å²) in [7, 11) is 0. The summed E-state index contributed by atoms with van der Waals surface area (Å²) in [6.07, 6.45) is 2.54. The molecule has 2 saturated heterocycles. The van der Waals surface area contributed by atoms with E-state index < -0.39 is 0 Å². The molecule has 2 aromatic carbocycles. The number of anilines is 1. The van der Waals surface area contributed by atoms with Crippen LogP contribution >= 0.6 is 0 Å². The van der Waals surface area contributed by atoms with Gasteiger partial charge in [0.2, 0.25) is 0 Å². The topological polar surface area (TPSA) is 106 Å². The van der Waals surface area contributed by atoms with Crippen molar-refractivity contribution < 1.29 is 14.3 Å². The van der Waals surface area contributed by atoms with Crippen LogP contribution in [0.5, 0.6) is 5.75 Å². The number of nitrogens with one attached hydrogen (secondary N) is 3. The highest BCUT2D eigenvalue weighted by Crippen LogP contribution is 2.43. The first-order valence-corrected chi connectivity index (χ1v) is 14.3. The van der Waals surface area contributed by atoms with Crippen molar-refractivity contribution in [2.24, 2.45) is 0 Å². The van der Waals surface area contributed by atoms with Crippen LogP contribution in [0.2, 0.25) is 0 Å². The second-order valence-electron chi connectivity index (χ2n) is 11.0. The van der Waals surface area contributed by atoms with Crippen molar-refractivity contribution in [1.29, 1.82) is 0 Å². The van der Waals surface area contributed by atoms with Gasteiger partial charge in [-0.3, -0.25) is 25.1 Å². The number of H-pyrrole nitrogens is 1. The fourth-order valence-corrected chi connectivity index (χ4v) is 5.85. The molecular weight excluding hydrogens is 506 g/mol. The van der Waals surface area contributed by atoms with Gasteiger partial charge in [0.1, 0.15) is 18.1 Å². The van der Waals surface area contributed by atoms with Crippen molar-refractivity contribution in [3.8, 4) is 28.3 Å². The minimum atomic E-state index is -0.353. The average Bonchev–Trinajstić information content (AvgIpc) is 3.69. The summed E-state index contributed by atoms with van der Waals surface area (Å²) in [4.78, 5) is 31.4. The fraction of sp³-hybridized carbons (Fsp3) is 0.433. The largest absolute Gasteiger partial charge is 0.492 e. The number of amides is 2. The van der Waals surface area contributed by atoms with E-state index in [-0.39, 0.29) is 11.8 Å². The van der Waals surface area contributed by atoms with E-state index in [9.17, 15) is 9.59 Å². The molecule has 2 fully saturated rings. The van der Waals surface area contributed by atoms with Crippen LogP contribution in [0.3, 0.4) is 0 Å². The highest BCUT2D eigenvalue weighted by atomic mass is 16.5. The van der Waals surface area contributed by atoms with Crippen LogP contribution in [0.25, 0.3) is 22.5 Å². The van der Waals surface area contributed by atoms with Crippen LogP contribution < -0.4 is 15.5 Å². The number of piperazine rings is 1. The van der Waals surface area contributed by atoms with E-state index in [1.165, 1.54) is 12.8 Å². The van der Waals surface area contributed by atoms with Crippen LogP contribution in [-0.2, 0) is 0 Å². The fourth-order valence-electron chi connectivity index (χ4n) is 5.85. The van der Waals surface area contributed by atoms with Crippen molar-refractivity contribution in [1.82, 2.24) is 30.4 Å². The van der Waals surface area contributed by atoms with Gasteiger partial charge in [-0.1, -0.05) is 12.1 Å². The quantitative estimate of drug-likeness (QED) is 0.310. The molecule has 0 unspecified atom stereocenters. The number of hydrogen-bond acceptors (Lipinski definition) is 7. The maximum atomic E-state index is 13.7. The highest BCUT2D eigenvalue weighted by molar-refractivity contribution is 6.26. The number of fused-ring (bicyclic) bond motifs is 3. The molecule has 0 spiro atoms. The maximum Gasteiger partial charge on any atom is 0.333 e. The third kappa shape index (κ3) is 5.34. The third-order valence-electron chi connectivity index (χ3n) is 8.11. The van der Waals surface area contributed by atoms with Gasteiger partial charge in [0.05, 0.1) is 22.5 Å². The Morgan fingerprint density at radius 1 is 1.00 bits per heavy atom. The Labute approximate surface area is 234 Å². The molecule has 1 aliphatic carbocycles. The molecule has 2 amide bonds. The van der Waals surface area contributed by atoms with Crippen LogP contribution in [0, 0.1) is 0 Å². The van der Waals surface area contributed by atoms with Gasteiger partial charge in [-0.2, -0.15) is 5.10 Å². The van der Waals surface area contributed by atoms with Crippen LogP contribution in [0.1, 0.15) is 42.6 Å². The number of benzene rings is 2. The van der Waals surface area contributed by atoms with Crippen molar-refractivity contribution >= 4 is 17.5 Å². The Balaban J connectivity index is 1.12. The summed E-state index contributed by atoms with van der Waals surface area (Å²) in [5.74, 6) is 0.647. The summed E-state index contributed by atoms with van der Waals surface area (Å²) < 4.78 is 5.94. The number of likely N-dealkylation sites (tertiary alicyclic amines) is 1. The van der Waals surface area contributed by atoms with E-state index in [1.54, 1.807) is 6.07 Å². The molecular formula is C30H37N7O3. The molecule has 0 bridgehead atoms. The SMILES string of the molecule is CC(C)N1CCN(NC(=O)Nc2cccc3c2C(=O)c2c(-c4ccc(OCCN5CCCC5)cc4)n[nH]c2-3)CC1. The van der Waals surface area contributed by atoms with Gasteiger partial charge in [0.25, 0.3) is 0 Å². The van der Waals surface area contributed by atoms with Crippen LogP contribution in [0.15, 0.2) is 42.5 Å². The first-order chi connectivity index (χ1) is 19.5.